The molecule has 0 N–H and O–H groups in total. The van der Waals surface area contributed by atoms with Gasteiger partial charge in [-0.05, 0) is 44.0 Å². The second-order valence-corrected chi connectivity index (χ2v) is 5.49. The summed E-state index contributed by atoms with van der Waals surface area (Å²) in [4.78, 5) is 9.29. The number of aryl methyl sites for hydroxylation is 1. The molecule has 0 aliphatic carbocycles. The van der Waals surface area contributed by atoms with Gasteiger partial charge in [0.1, 0.15) is 17.4 Å². The van der Waals surface area contributed by atoms with E-state index in [1.165, 1.54) is 5.56 Å². The molecule has 1 fully saturated rings. The molecule has 1 atom stereocenters. The summed E-state index contributed by atoms with van der Waals surface area (Å²) in [5.41, 5.74) is 4.15. The number of rotatable bonds is 2. The molecular formula is C17H17N3O. The number of fused-ring (bicyclic) bond motifs is 1. The third-order valence-corrected chi connectivity index (χ3v) is 3.95. The number of pyridine rings is 1. The van der Waals surface area contributed by atoms with Crippen LogP contribution >= 0.6 is 0 Å². The Bertz CT molecular complexity index is 770. The first-order valence-corrected chi connectivity index (χ1v) is 7.35. The number of aromatic nitrogens is 3. The minimum atomic E-state index is 0.0699. The molecule has 3 heterocycles. The zero-order valence-electron chi connectivity index (χ0n) is 12.0. The molecule has 0 radical (unpaired) electrons. The van der Waals surface area contributed by atoms with Crippen LogP contribution in [0.2, 0.25) is 0 Å². The van der Waals surface area contributed by atoms with Crippen LogP contribution in [0.1, 0.15) is 30.3 Å². The molecule has 0 spiro atoms. The summed E-state index contributed by atoms with van der Waals surface area (Å²) in [6, 6.07) is 12.4. The molecule has 1 aliphatic heterocycles. The van der Waals surface area contributed by atoms with E-state index >= 15 is 0 Å². The van der Waals surface area contributed by atoms with Gasteiger partial charge in [-0.25, -0.2) is 9.97 Å². The zero-order valence-corrected chi connectivity index (χ0v) is 12.0. The molecule has 0 saturated carbocycles. The maximum atomic E-state index is 5.84. The van der Waals surface area contributed by atoms with Crippen molar-refractivity contribution in [2.45, 2.75) is 25.9 Å². The number of imidazole rings is 1. The van der Waals surface area contributed by atoms with E-state index in [1.807, 2.05) is 18.3 Å². The third-order valence-electron chi connectivity index (χ3n) is 3.95. The van der Waals surface area contributed by atoms with E-state index in [-0.39, 0.29) is 6.10 Å². The van der Waals surface area contributed by atoms with Gasteiger partial charge in [0, 0.05) is 18.5 Å². The molecule has 3 aromatic rings. The highest BCUT2D eigenvalue weighted by Crippen LogP contribution is 2.32. The fourth-order valence-corrected chi connectivity index (χ4v) is 2.88. The average Bonchev–Trinajstić information content (AvgIpc) is 3.15. The molecule has 1 saturated heterocycles. The lowest BCUT2D eigenvalue weighted by Crippen LogP contribution is -2.07. The standard InChI is InChI=1S/C17H17N3O/c1-12-6-8-13(9-7-12)20-16-14(4-2-10-18-16)19-17(20)15-5-3-11-21-15/h2,4,6-10,15H,3,5,11H2,1H3. The van der Waals surface area contributed by atoms with E-state index in [2.05, 4.69) is 40.7 Å². The van der Waals surface area contributed by atoms with Gasteiger partial charge in [-0.2, -0.15) is 0 Å². The van der Waals surface area contributed by atoms with E-state index < -0.39 is 0 Å². The number of nitrogens with zero attached hydrogens (tertiary/aromatic N) is 3. The normalized spacial score (nSPS) is 18.4. The average molecular weight is 279 g/mol. The van der Waals surface area contributed by atoms with Crippen molar-refractivity contribution in [1.82, 2.24) is 14.5 Å². The van der Waals surface area contributed by atoms with Crippen LogP contribution in [0.3, 0.4) is 0 Å². The lowest BCUT2D eigenvalue weighted by atomic mass is 10.2. The quantitative estimate of drug-likeness (QED) is 0.720. The van der Waals surface area contributed by atoms with Gasteiger partial charge >= 0.3 is 0 Å². The van der Waals surface area contributed by atoms with Crippen LogP contribution in [0.15, 0.2) is 42.6 Å². The first kappa shape index (κ1) is 12.5. The van der Waals surface area contributed by atoms with Crippen molar-refractivity contribution >= 4 is 11.2 Å². The first-order valence-electron chi connectivity index (χ1n) is 7.35. The summed E-state index contributed by atoms with van der Waals surface area (Å²) in [5, 5.41) is 0. The van der Waals surface area contributed by atoms with E-state index in [0.29, 0.717) is 0 Å². The van der Waals surface area contributed by atoms with Crippen molar-refractivity contribution in [3.05, 3.63) is 54.0 Å². The summed E-state index contributed by atoms with van der Waals surface area (Å²) in [7, 11) is 0. The fourth-order valence-electron chi connectivity index (χ4n) is 2.88. The molecule has 0 bridgehead atoms. The molecule has 2 aromatic heterocycles. The molecule has 106 valence electrons. The topological polar surface area (TPSA) is 39.9 Å². The Morgan fingerprint density at radius 3 is 2.81 bits per heavy atom. The number of benzene rings is 1. The summed E-state index contributed by atoms with van der Waals surface area (Å²) < 4.78 is 7.97. The van der Waals surface area contributed by atoms with E-state index in [0.717, 1.165) is 42.1 Å². The van der Waals surface area contributed by atoms with E-state index in [1.54, 1.807) is 0 Å². The van der Waals surface area contributed by atoms with Gasteiger partial charge in [0.15, 0.2) is 5.65 Å². The van der Waals surface area contributed by atoms with Crippen LogP contribution in [-0.4, -0.2) is 21.1 Å². The Kier molecular flexibility index (Phi) is 2.97. The summed E-state index contributed by atoms with van der Waals surface area (Å²) >= 11 is 0. The molecule has 4 nitrogen and oxygen atoms in total. The second-order valence-electron chi connectivity index (χ2n) is 5.49. The molecule has 1 unspecified atom stereocenters. The van der Waals surface area contributed by atoms with Crippen LogP contribution in [0.5, 0.6) is 0 Å². The van der Waals surface area contributed by atoms with Gasteiger partial charge in [0.05, 0.1) is 0 Å². The van der Waals surface area contributed by atoms with Crippen molar-refractivity contribution in [2.24, 2.45) is 0 Å². The molecule has 0 amide bonds. The van der Waals surface area contributed by atoms with Crippen molar-refractivity contribution in [3.63, 3.8) is 0 Å². The van der Waals surface area contributed by atoms with Gasteiger partial charge in [0.2, 0.25) is 0 Å². The Morgan fingerprint density at radius 2 is 2.05 bits per heavy atom. The SMILES string of the molecule is Cc1ccc(-n2c(C3CCCO3)nc3cccnc32)cc1. The molecule has 1 aromatic carbocycles. The van der Waals surface area contributed by atoms with Crippen molar-refractivity contribution in [3.8, 4) is 5.69 Å². The predicted molar refractivity (Wildman–Crippen MR) is 81.5 cm³/mol. The first-order chi connectivity index (χ1) is 10.3. The molecular weight excluding hydrogens is 262 g/mol. The minimum Gasteiger partial charge on any atom is -0.370 e. The molecule has 4 rings (SSSR count). The Balaban J connectivity index is 1.95. The zero-order chi connectivity index (χ0) is 14.2. The fraction of sp³-hybridized carbons (Fsp3) is 0.294. The monoisotopic (exact) mass is 279 g/mol. The maximum absolute atomic E-state index is 5.84. The highest BCUT2D eigenvalue weighted by molar-refractivity contribution is 5.74. The predicted octanol–water partition coefficient (Wildman–Crippen LogP) is 3.58. The second kappa shape index (κ2) is 4.97. The third kappa shape index (κ3) is 2.12. The van der Waals surface area contributed by atoms with Crippen LogP contribution in [-0.2, 0) is 4.74 Å². The number of ether oxygens (including phenoxy) is 1. The number of hydrogen-bond acceptors (Lipinski definition) is 3. The Hall–Kier alpha value is -2.20. The number of hydrogen-bond donors (Lipinski definition) is 0. The molecule has 1 aliphatic rings. The van der Waals surface area contributed by atoms with Crippen LogP contribution in [0, 0.1) is 6.92 Å². The largest absolute Gasteiger partial charge is 0.370 e. The minimum absolute atomic E-state index is 0.0699. The van der Waals surface area contributed by atoms with Crippen LogP contribution in [0.25, 0.3) is 16.9 Å². The maximum Gasteiger partial charge on any atom is 0.164 e. The lowest BCUT2D eigenvalue weighted by molar-refractivity contribution is 0.104. The van der Waals surface area contributed by atoms with Gasteiger partial charge in [-0.3, -0.25) is 4.57 Å². The Labute approximate surface area is 123 Å². The summed E-state index contributed by atoms with van der Waals surface area (Å²) in [6.45, 7) is 2.91. The van der Waals surface area contributed by atoms with E-state index in [4.69, 9.17) is 9.72 Å². The van der Waals surface area contributed by atoms with Crippen molar-refractivity contribution in [2.75, 3.05) is 6.61 Å². The highest BCUT2D eigenvalue weighted by atomic mass is 16.5. The summed E-state index contributed by atoms with van der Waals surface area (Å²) in [6.07, 6.45) is 4.00. The molecule has 21 heavy (non-hydrogen) atoms. The summed E-state index contributed by atoms with van der Waals surface area (Å²) in [5.74, 6) is 0.963. The Morgan fingerprint density at radius 1 is 1.19 bits per heavy atom. The smallest absolute Gasteiger partial charge is 0.164 e. The van der Waals surface area contributed by atoms with Gasteiger partial charge in [-0.1, -0.05) is 17.7 Å². The van der Waals surface area contributed by atoms with Gasteiger partial charge < -0.3 is 4.74 Å². The highest BCUT2D eigenvalue weighted by Gasteiger charge is 2.25. The van der Waals surface area contributed by atoms with Crippen molar-refractivity contribution < 1.29 is 4.74 Å². The van der Waals surface area contributed by atoms with Crippen LogP contribution in [0.4, 0.5) is 0 Å². The van der Waals surface area contributed by atoms with Crippen molar-refractivity contribution in [1.29, 1.82) is 0 Å². The van der Waals surface area contributed by atoms with Gasteiger partial charge in [-0.15, -0.1) is 0 Å². The van der Waals surface area contributed by atoms with Crippen LogP contribution < -0.4 is 0 Å². The lowest BCUT2D eigenvalue weighted by Gasteiger charge is -2.13. The van der Waals surface area contributed by atoms with E-state index in [9.17, 15) is 0 Å². The molecule has 4 heteroatoms. The van der Waals surface area contributed by atoms with Gasteiger partial charge in [0.25, 0.3) is 0 Å².